The number of nitrogens with zero attached hydrogens (tertiary/aromatic N) is 1. The van der Waals surface area contributed by atoms with Crippen molar-refractivity contribution in [3.63, 3.8) is 0 Å². The number of fused-ring (bicyclic) bond motifs is 1. The SMILES string of the molecule is O=C(c1cc(Cl)c(CO)cc1O)N1Cc2ccccc2C1. The first-order valence-corrected chi connectivity index (χ1v) is 6.96. The lowest BCUT2D eigenvalue weighted by molar-refractivity contribution is 0.0748. The lowest BCUT2D eigenvalue weighted by Crippen LogP contribution is -2.25. The molecule has 2 N–H and O–H groups in total. The molecule has 1 aliphatic rings. The van der Waals surface area contributed by atoms with Crippen molar-refractivity contribution in [2.75, 3.05) is 0 Å². The summed E-state index contributed by atoms with van der Waals surface area (Å²) in [5.41, 5.74) is 2.78. The van der Waals surface area contributed by atoms with E-state index in [-0.39, 0.29) is 28.8 Å². The number of rotatable bonds is 2. The van der Waals surface area contributed by atoms with E-state index < -0.39 is 0 Å². The summed E-state index contributed by atoms with van der Waals surface area (Å²) in [6, 6.07) is 10.6. The summed E-state index contributed by atoms with van der Waals surface area (Å²) in [7, 11) is 0. The molecule has 108 valence electrons. The van der Waals surface area contributed by atoms with Gasteiger partial charge in [0.25, 0.3) is 5.91 Å². The highest BCUT2D eigenvalue weighted by Crippen LogP contribution is 2.30. The Morgan fingerprint density at radius 3 is 2.38 bits per heavy atom. The van der Waals surface area contributed by atoms with E-state index in [1.165, 1.54) is 12.1 Å². The van der Waals surface area contributed by atoms with Crippen molar-refractivity contribution in [3.05, 3.63) is 63.7 Å². The molecule has 0 spiro atoms. The van der Waals surface area contributed by atoms with E-state index in [1.54, 1.807) is 4.90 Å². The first kappa shape index (κ1) is 13.9. The lowest BCUT2D eigenvalue weighted by Gasteiger charge is -2.17. The second kappa shape index (κ2) is 5.39. The summed E-state index contributed by atoms with van der Waals surface area (Å²) < 4.78 is 0. The van der Waals surface area contributed by atoms with E-state index in [4.69, 9.17) is 16.7 Å². The number of phenolic OH excluding ortho intramolecular Hbond substituents is 1. The van der Waals surface area contributed by atoms with Crippen LogP contribution in [-0.2, 0) is 19.7 Å². The van der Waals surface area contributed by atoms with E-state index in [2.05, 4.69) is 0 Å². The molecule has 0 saturated carbocycles. The van der Waals surface area contributed by atoms with Crippen molar-refractivity contribution in [1.29, 1.82) is 0 Å². The summed E-state index contributed by atoms with van der Waals surface area (Å²) in [5.74, 6) is -0.431. The Balaban J connectivity index is 1.89. The lowest BCUT2D eigenvalue weighted by atomic mass is 10.1. The highest BCUT2D eigenvalue weighted by atomic mass is 35.5. The van der Waals surface area contributed by atoms with Gasteiger partial charge in [-0.2, -0.15) is 0 Å². The molecule has 0 fully saturated rings. The minimum atomic E-state index is -0.282. The van der Waals surface area contributed by atoms with Gasteiger partial charge in [-0.25, -0.2) is 0 Å². The third-order valence-corrected chi connectivity index (χ3v) is 4.05. The van der Waals surface area contributed by atoms with Crippen LogP contribution in [0.5, 0.6) is 5.75 Å². The molecule has 1 aliphatic heterocycles. The van der Waals surface area contributed by atoms with Crippen LogP contribution in [0.2, 0.25) is 5.02 Å². The molecular weight excluding hydrogens is 290 g/mol. The Bertz CT molecular complexity index is 690. The van der Waals surface area contributed by atoms with Crippen LogP contribution in [-0.4, -0.2) is 21.0 Å². The van der Waals surface area contributed by atoms with Gasteiger partial charge in [-0.05, 0) is 28.8 Å². The first-order chi connectivity index (χ1) is 10.1. The molecule has 0 bridgehead atoms. The zero-order valence-electron chi connectivity index (χ0n) is 11.2. The number of amides is 1. The highest BCUT2D eigenvalue weighted by Gasteiger charge is 2.26. The molecule has 1 heterocycles. The van der Waals surface area contributed by atoms with Gasteiger partial charge in [-0.15, -0.1) is 0 Å². The van der Waals surface area contributed by atoms with E-state index >= 15 is 0 Å². The summed E-state index contributed by atoms with van der Waals surface area (Å²) in [4.78, 5) is 14.2. The van der Waals surface area contributed by atoms with Gasteiger partial charge < -0.3 is 15.1 Å². The zero-order valence-corrected chi connectivity index (χ0v) is 12.0. The van der Waals surface area contributed by atoms with E-state index in [0.717, 1.165) is 11.1 Å². The number of carbonyl (C=O) groups is 1. The Kier molecular flexibility index (Phi) is 3.57. The van der Waals surface area contributed by atoms with E-state index in [9.17, 15) is 9.90 Å². The largest absolute Gasteiger partial charge is 0.507 e. The van der Waals surface area contributed by atoms with Gasteiger partial charge in [0.05, 0.1) is 12.2 Å². The average Bonchev–Trinajstić information content (AvgIpc) is 2.92. The molecule has 4 nitrogen and oxygen atoms in total. The number of halogens is 1. The molecule has 3 rings (SSSR count). The second-order valence-corrected chi connectivity index (χ2v) is 5.46. The van der Waals surface area contributed by atoms with E-state index in [0.29, 0.717) is 18.7 Å². The monoisotopic (exact) mass is 303 g/mol. The number of aliphatic hydroxyl groups excluding tert-OH is 1. The second-order valence-electron chi connectivity index (χ2n) is 5.05. The van der Waals surface area contributed by atoms with Crippen molar-refractivity contribution in [2.45, 2.75) is 19.7 Å². The fourth-order valence-corrected chi connectivity index (χ4v) is 2.77. The molecule has 0 unspecified atom stereocenters. The molecule has 0 saturated heterocycles. The third kappa shape index (κ3) is 2.48. The molecular formula is C16H14ClNO3. The average molecular weight is 304 g/mol. The molecule has 0 aromatic heterocycles. The summed E-state index contributed by atoms with van der Waals surface area (Å²) in [5, 5.41) is 19.4. The van der Waals surface area contributed by atoms with Crippen LogP contribution in [0.3, 0.4) is 0 Å². The van der Waals surface area contributed by atoms with Gasteiger partial charge >= 0.3 is 0 Å². The summed E-state index contributed by atoms with van der Waals surface area (Å²) >= 11 is 6.00. The van der Waals surface area contributed by atoms with Crippen LogP contribution >= 0.6 is 11.6 Å². The number of benzene rings is 2. The van der Waals surface area contributed by atoms with Gasteiger partial charge in [0, 0.05) is 18.1 Å². The number of carbonyl (C=O) groups excluding carboxylic acids is 1. The molecule has 1 amide bonds. The highest BCUT2D eigenvalue weighted by molar-refractivity contribution is 6.31. The number of hydrogen-bond donors (Lipinski definition) is 2. The van der Waals surface area contributed by atoms with Crippen LogP contribution in [0.15, 0.2) is 36.4 Å². The van der Waals surface area contributed by atoms with Crippen molar-refractivity contribution in [2.24, 2.45) is 0 Å². The van der Waals surface area contributed by atoms with Crippen LogP contribution in [0.1, 0.15) is 27.0 Å². The van der Waals surface area contributed by atoms with Crippen molar-refractivity contribution in [3.8, 4) is 5.75 Å². The topological polar surface area (TPSA) is 60.8 Å². The van der Waals surface area contributed by atoms with Crippen LogP contribution in [0.4, 0.5) is 0 Å². The minimum Gasteiger partial charge on any atom is -0.507 e. The first-order valence-electron chi connectivity index (χ1n) is 6.58. The quantitative estimate of drug-likeness (QED) is 0.896. The van der Waals surface area contributed by atoms with Crippen LogP contribution in [0.25, 0.3) is 0 Å². The van der Waals surface area contributed by atoms with Crippen molar-refractivity contribution >= 4 is 17.5 Å². The van der Waals surface area contributed by atoms with Gasteiger partial charge in [-0.1, -0.05) is 35.9 Å². The van der Waals surface area contributed by atoms with Crippen LogP contribution in [0, 0.1) is 0 Å². The standard InChI is InChI=1S/C16H14ClNO3/c17-14-6-13(15(20)5-12(14)9-19)16(21)18-7-10-3-1-2-4-11(10)8-18/h1-6,19-20H,7-9H2. The minimum absolute atomic E-state index is 0.157. The van der Waals surface area contributed by atoms with Gasteiger partial charge in [0.2, 0.25) is 0 Å². The number of aromatic hydroxyl groups is 1. The zero-order chi connectivity index (χ0) is 15.0. The smallest absolute Gasteiger partial charge is 0.258 e. The maximum Gasteiger partial charge on any atom is 0.258 e. The predicted octanol–water partition coefficient (Wildman–Crippen LogP) is 2.69. The van der Waals surface area contributed by atoms with E-state index in [1.807, 2.05) is 24.3 Å². The molecule has 2 aromatic rings. The summed E-state index contributed by atoms with van der Waals surface area (Å²) in [6.07, 6.45) is 0. The number of hydrogen-bond acceptors (Lipinski definition) is 3. The molecule has 0 aliphatic carbocycles. The molecule has 0 atom stereocenters. The maximum atomic E-state index is 12.5. The Morgan fingerprint density at radius 2 is 1.81 bits per heavy atom. The molecule has 0 radical (unpaired) electrons. The summed E-state index contributed by atoms with van der Waals surface area (Å²) in [6.45, 7) is 0.762. The molecule has 5 heteroatoms. The third-order valence-electron chi connectivity index (χ3n) is 3.69. The normalized spacial score (nSPS) is 13.3. The Hall–Kier alpha value is -2.04. The maximum absolute atomic E-state index is 12.5. The molecule has 2 aromatic carbocycles. The van der Waals surface area contributed by atoms with Gasteiger partial charge in [-0.3, -0.25) is 4.79 Å². The fraction of sp³-hybridized carbons (Fsp3) is 0.188. The van der Waals surface area contributed by atoms with Crippen molar-refractivity contribution in [1.82, 2.24) is 4.90 Å². The van der Waals surface area contributed by atoms with Crippen LogP contribution < -0.4 is 0 Å². The Labute approximate surface area is 127 Å². The van der Waals surface area contributed by atoms with Crippen molar-refractivity contribution < 1.29 is 15.0 Å². The van der Waals surface area contributed by atoms with Gasteiger partial charge in [0.1, 0.15) is 5.75 Å². The number of phenols is 1. The Morgan fingerprint density at radius 1 is 1.19 bits per heavy atom. The molecule has 21 heavy (non-hydrogen) atoms. The fourth-order valence-electron chi connectivity index (χ4n) is 2.54. The van der Waals surface area contributed by atoms with Gasteiger partial charge in [0.15, 0.2) is 0 Å². The number of aliphatic hydroxyl groups is 1. The predicted molar refractivity (Wildman–Crippen MR) is 79.1 cm³/mol.